The van der Waals surface area contributed by atoms with Gasteiger partial charge in [0.15, 0.2) is 0 Å². The van der Waals surface area contributed by atoms with Gasteiger partial charge in [-0.2, -0.15) is 5.10 Å². The third-order valence-corrected chi connectivity index (χ3v) is 5.06. The van der Waals surface area contributed by atoms with Crippen molar-refractivity contribution in [1.82, 2.24) is 14.8 Å². The van der Waals surface area contributed by atoms with Gasteiger partial charge < -0.3 is 0 Å². The summed E-state index contributed by atoms with van der Waals surface area (Å²) in [5.74, 6) is 0. The predicted octanol–water partition coefficient (Wildman–Crippen LogP) is 6.00. The molecule has 0 saturated heterocycles. The van der Waals surface area contributed by atoms with E-state index in [0.717, 1.165) is 43.2 Å². The van der Waals surface area contributed by atoms with Crippen molar-refractivity contribution in [2.75, 3.05) is 0 Å². The van der Waals surface area contributed by atoms with Gasteiger partial charge in [-0.1, -0.05) is 64.5 Å². The molecule has 5 aromatic rings. The molecule has 0 amide bonds. The highest BCUT2D eigenvalue weighted by Gasteiger charge is 2.16. The van der Waals surface area contributed by atoms with Gasteiger partial charge in [0.25, 0.3) is 0 Å². The molecule has 0 aliphatic heterocycles. The van der Waals surface area contributed by atoms with E-state index >= 15 is 0 Å². The van der Waals surface area contributed by atoms with Gasteiger partial charge in [-0.25, -0.2) is 4.68 Å². The quantitative estimate of drug-likeness (QED) is 0.364. The van der Waals surface area contributed by atoms with E-state index in [9.17, 15) is 0 Å². The summed E-state index contributed by atoms with van der Waals surface area (Å²) in [5.41, 5.74) is 5.11. The SMILES string of the molecule is Brc1ccc(-n2nc(-c3ccccc3)c3cnc4ccccc4c32)cc1. The molecule has 0 spiro atoms. The molecule has 0 unspecified atom stereocenters. The average Bonchev–Trinajstić information content (AvgIpc) is 3.09. The zero-order chi connectivity index (χ0) is 17.5. The van der Waals surface area contributed by atoms with Crippen LogP contribution in [0, 0.1) is 0 Å². The first kappa shape index (κ1) is 15.3. The summed E-state index contributed by atoms with van der Waals surface area (Å²) in [5, 5.41) is 7.12. The molecule has 4 heteroatoms. The van der Waals surface area contributed by atoms with E-state index in [4.69, 9.17) is 5.10 Å². The minimum absolute atomic E-state index is 0.946. The molecule has 0 saturated carbocycles. The summed E-state index contributed by atoms with van der Waals surface area (Å²) >= 11 is 3.51. The number of nitrogens with zero attached hydrogens (tertiary/aromatic N) is 3. The van der Waals surface area contributed by atoms with Crippen molar-refractivity contribution in [3.05, 3.63) is 89.5 Å². The first-order valence-corrected chi connectivity index (χ1v) is 9.18. The number of hydrogen-bond acceptors (Lipinski definition) is 2. The fraction of sp³-hybridized carbons (Fsp3) is 0. The number of rotatable bonds is 2. The van der Waals surface area contributed by atoms with Crippen LogP contribution in [0.1, 0.15) is 0 Å². The lowest BCUT2D eigenvalue weighted by Crippen LogP contribution is -1.97. The van der Waals surface area contributed by atoms with Crippen molar-refractivity contribution < 1.29 is 0 Å². The van der Waals surface area contributed by atoms with Gasteiger partial charge in [0.05, 0.1) is 16.7 Å². The number of hydrogen-bond donors (Lipinski definition) is 0. The van der Waals surface area contributed by atoms with Crippen molar-refractivity contribution in [3.8, 4) is 16.9 Å². The zero-order valence-electron chi connectivity index (χ0n) is 13.8. The standard InChI is InChI=1S/C22H14BrN3/c23-16-10-12-17(13-11-16)26-22-18-8-4-5-9-20(18)24-14-19(22)21(25-26)15-6-2-1-3-7-15/h1-14H. The Hall–Kier alpha value is -2.98. The van der Waals surface area contributed by atoms with E-state index in [0.29, 0.717) is 0 Å². The number of fused-ring (bicyclic) bond motifs is 3. The molecule has 0 bridgehead atoms. The maximum absolute atomic E-state index is 4.97. The molecule has 3 nitrogen and oxygen atoms in total. The van der Waals surface area contributed by atoms with Gasteiger partial charge in [0.2, 0.25) is 0 Å². The van der Waals surface area contributed by atoms with E-state index in [1.54, 1.807) is 0 Å². The summed E-state index contributed by atoms with van der Waals surface area (Å²) in [6.45, 7) is 0. The van der Waals surface area contributed by atoms with Crippen LogP contribution in [0.15, 0.2) is 89.5 Å². The molecule has 124 valence electrons. The van der Waals surface area contributed by atoms with Crippen molar-refractivity contribution in [2.24, 2.45) is 0 Å². The summed E-state index contributed by atoms with van der Waals surface area (Å²) in [7, 11) is 0. The lowest BCUT2D eigenvalue weighted by Gasteiger charge is -2.06. The van der Waals surface area contributed by atoms with Gasteiger partial charge in [-0.15, -0.1) is 0 Å². The van der Waals surface area contributed by atoms with Gasteiger partial charge in [-0.05, 0) is 30.3 Å². The highest BCUT2D eigenvalue weighted by molar-refractivity contribution is 9.10. The molecule has 26 heavy (non-hydrogen) atoms. The van der Waals surface area contributed by atoms with Crippen molar-refractivity contribution in [1.29, 1.82) is 0 Å². The van der Waals surface area contributed by atoms with Crippen LogP contribution in [-0.4, -0.2) is 14.8 Å². The molecular weight excluding hydrogens is 386 g/mol. The van der Waals surface area contributed by atoms with Crippen LogP contribution in [0.25, 0.3) is 38.8 Å². The van der Waals surface area contributed by atoms with Crippen molar-refractivity contribution >= 4 is 37.7 Å². The Balaban J connectivity index is 1.91. The van der Waals surface area contributed by atoms with E-state index in [1.165, 1.54) is 0 Å². The summed E-state index contributed by atoms with van der Waals surface area (Å²) in [6, 6.07) is 26.7. The molecule has 0 aliphatic rings. The number of halogens is 1. The van der Waals surface area contributed by atoms with Crippen molar-refractivity contribution in [3.63, 3.8) is 0 Å². The van der Waals surface area contributed by atoms with Gasteiger partial charge in [-0.3, -0.25) is 4.98 Å². The second-order valence-corrected chi connectivity index (χ2v) is 7.06. The molecule has 0 radical (unpaired) electrons. The molecule has 0 fully saturated rings. The molecule has 3 aromatic carbocycles. The van der Waals surface area contributed by atoms with Crippen LogP contribution in [0.3, 0.4) is 0 Å². The predicted molar refractivity (Wildman–Crippen MR) is 110 cm³/mol. The minimum Gasteiger partial charge on any atom is -0.255 e. The van der Waals surface area contributed by atoms with Crippen LogP contribution in [0.4, 0.5) is 0 Å². The van der Waals surface area contributed by atoms with Gasteiger partial charge >= 0.3 is 0 Å². The number of benzene rings is 3. The fourth-order valence-corrected chi connectivity index (χ4v) is 3.57. The van der Waals surface area contributed by atoms with Crippen molar-refractivity contribution in [2.45, 2.75) is 0 Å². The lowest BCUT2D eigenvalue weighted by molar-refractivity contribution is 0.917. The third kappa shape index (κ3) is 2.42. The van der Waals surface area contributed by atoms with Crippen LogP contribution in [0.5, 0.6) is 0 Å². The number of aromatic nitrogens is 3. The maximum atomic E-state index is 4.97. The highest BCUT2D eigenvalue weighted by Crippen LogP contribution is 2.33. The van der Waals surface area contributed by atoms with E-state index < -0.39 is 0 Å². The van der Waals surface area contributed by atoms with Gasteiger partial charge in [0.1, 0.15) is 5.69 Å². The monoisotopic (exact) mass is 399 g/mol. The molecule has 2 aromatic heterocycles. The maximum Gasteiger partial charge on any atom is 0.102 e. The molecule has 0 N–H and O–H groups in total. The average molecular weight is 400 g/mol. The van der Waals surface area contributed by atoms with Crippen LogP contribution < -0.4 is 0 Å². The first-order valence-electron chi connectivity index (χ1n) is 8.39. The Morgan fingerprint density at radius 2 is 1.46 bits per heavy atom. The van der Waals surface area contributed by atoms with Gasteiger partial charge in [0, 0.05) is 27.0 Å². The molecule has 2 heterocycles. The molecular formula is C22H14BrN3. The Kier molecular flexibility index (Phi) is 3.57. The lowest BCUT2D eigenvalue weighted by atomic mass is 10.1. The summed E-state index contributed by atoms with van der Waals surface area (Å²) in [4.78, 5) is 4.66. The smallest absolute Gasteiger partial charge is 0.102 e. The molecule has 0 aliphatic carbocycles. The minimum atomic E-state index is 0.946. The zero-order valence-corrected chi connectivity index (χ0v) is 15.4. The summed E-state index contributed by atoms with van der Waals surface area (Å²) in [6.07, 6.45) is 1.93. The van der Waals surface area contributed by atoms with E-state index in [-0.39, 0.29) is 0 Å². The highest BCUT2D eigenvalue weighted by atomic mass is 79.9. The molecule has 0 atom stereocenters. The second-order valence-electron chi connectivity index (χ2n) is 6.14. The Labute approximate surface area is 159 Å². The Morgan fingerprint density at radius 3 is 2.27 bits per heavy atom. The second kappa shape index (κ2) is 6.07. The van der Waals surface area contributed by atoms with E-state index in [1.807, 2.05) is 59.4 Å². The topological polar surface area (TPSA) is 30.7 Å². The number of para-hydroxylation sites is 1. The summed E-state index contributed by atoms with van der Waals surface area (Å²) < 4.78 is 3.07. The van der Waals surface area contributed by atoms with Crippen LogP contribution in [0.2, 0.25) is 0 Å². The third-order valence-electron chi connectivity index (χ3n) is 4.53. The fourth-order valence-electron chi connectivity index (χ4n) is 3.31. The Morgan fingerprint density at radius 1 is 0.731 bits per heavy atom. The number of pyridine rings is 1. The van der Waals surface area contributed by atoms with Crippen LogP contribution in [-0.2, 0) is 0 Å². The molecule has 5 rings (SSSR count). The Bertz CT molecular complexity index is 1230. The largest absolute Gasteiger partial charge is 0.255 e. The first-order chi connectivity index (χ1) is 12.8. The van der Waals surface area contributed by atoms with Crippen LogP contribution >= 0.6 is 15.9 Å². The normalized spacial score (nSPS) is 11.3. The van der Waals surface area contributed by atoms with E-state index in [2.05, 4.69) is 51.2 Å².